The molecule has 0 fully saturated rings. The highest BCUT2D eigenvalue weighted by atomic mass is 79.9. The lowest BCUT2D eigenvalue weighted by molar-refractivity contribution is 0.103. The summed E-state index contributed by atoms with van der Waals surface area (Å²) in [7, 11) is -3.74. The number of rotatable bonds is 5. The minimum absolute atomic E-state index is 0.137. The third-order valence-corrected chi connectivity index (χ3v) is 7.88. The largest absolute Gasteiger partial charge is 0.422 e. The van der Waals surface area contributed by atoms with Crippen LogP contribution in [0.3, 0.4) is 0 Å². The van der Waals surface area contributed by atoms with Gasteiger partial charge in [-0.2, -0.15) is 0 Å². The van der Waals surface area contributed by atoms with E-state index in [2.05, 4.69) is 20.7 Å². The molecule has 10 heteroatoms. The lowest BCUT2D eigenvalue weighted by Gasteiger charge is -2.07. The fourth-order valence-electron chi connectivity index (χ4n) is 2.75. The zero-order chi connectivity index (χ0) is 21.5. The van der Waals surface area contributed by atoms with Crippen LogP contribution in [0.15, 0.2) is 77.9 Å². The molecule has 0 amide bonds. The molecule has 0 unspecified atom stereocenters. The summed E-state index contributed by atoms with van der Waals surface area (Å²) in [5, 5.41) is 0.973. The normalized spacial score (nSPS) is 11.5. The van der Waals surface area contributed by atoms with Crippen molar-refractivity contribution in [1.82, 2.24) is 0 Å². The maximum atomic E-state index is 12.8. The summed E-state index contributed by atoms with van der Waals surface area (Å²) < 4.78 is 33.3. The van der Waals surface area contributed by atoms with E-state index in [-0.39, 0.29) is 21.0 Å². The molecule has 0 aliphatic carbocycles. The van der Waals surface area contributed by atoms with Gasteiger partial charge in [0.25, 0.3) is 10.0 Å². The van der Waals surface area contributed by atoms with Gasteiger partial charge in [0, 0.05) is 21.7 Å². The van der Waals surface area contributed by atoms with Crippen molar-refractivity contribution in [3.8, 4) is 0 Å². The second kappa shape index (κ2) is 7.99. The van der Waals surface area contributed by atoms with Crippen molar-refractivity contribution < 1.29 is 17.6 Å². The zero-order valence-corrected chi connectivity index (χ0v) is 18.9. The first-order chi connectivity index (χ1) is 14.2. The lowest BCUT2D eigenvalue weighted by Crippen LogP contribution is -2.15. The standard InChI is InChI=1S/C20H11BrClNO5S2/c21-17-7-8-18(29-17)30(26,27)23-14-4-1-11(2-5-14)19(24)15-10-12-9-13(22)3-6-16(12)28-20(15)25/h1-10,23H. The van der Waals surface area contributed by atoms with Crippen molar-refractivity contribution in [3.63, 3.8) is 0 Å². The smallest absolute Gasteiger partial charge is 0.347 e. The molecule has 0 aliphatic heterocycles. The van der Waals surface area contributed by atoms with E-state index >= 15 is 0 Å². The van der Waals surface area contributed by atoms with Gasteiger partial charge in [-0.05, 0) is 76.6 Å². The summed E-state index contributed by atoms with van der Waals surface area (Å²) in [6.45, 7) is 0. The van der Waals surface area contributed by atoms with Crippen molar-refractivity contribution in [2.75, 3.05) is 4.72 Å². The van der Waals surface area contributed by atoms with E-state index in [1.807, 2.05) is 0 Å². The molecule has 0 aliphatic rings. The number of carbonyl (C=O) groups excluding carboxylic acids is 1. The van der Waals surface area contributed by atoms with Crippen LogP contribution < -0.4 is 10.3 Å². The van der Waals surface area contributed by atoms with E-state index in [4.69, 9.17) is 16.0 Å². The Balaban J connectivity index is 1.61. The maximum Gasteiger partial charge on any atom is 0.347 e. The van der Waals surface area contributed by atoms with E-state index in [0.29, 0.717) is 19.8 Å². The predicted molar refractivity (Wildman–Crippen MR) is 120 cm³/mol. The molecule has 0 bridgehead atoms. The van der Waals surface area contributed by atoms with Crippen LogP contribution in [-0.4, -0.2) is 14.2 Å². The molecule has 2 aromatic heterocycles. The molecule has 0 atom stereocenters. The molecule has 1 N–H and O–H groups in total. The van der Waals surface area contributed by atoms with E-state index in [9.17, 15) is 18.0 Å². The summed E-state index contributed by atoms with van der Waals surface area (Å²) in [6, 6.07) is 15.1. The van der Waals surface area contributed by atoms with Crippen molar-refractivity contribution in [3.05, 3.63) is 91.0 Å². The van der Waals surface area contributed by atoms with Gasteiger partial charge < -0.3 is 4.42 Å². The molecule has 2 heterocycles. The molecule has 0 saturated heterocycles. The highest BCUT2D eigenvalue weighted by molar-refractivity contribution is 9.11. The number of hydrogen-bond donors (Lipinski definition) is 1. The number of fused-ring (bicyclic) bond motifs is 1. The first kappa shape index (κ1) is 20.8. The minimum Gasteiger partial charge on any atom is -0.422 e. The molecule has 0 radical (unpaired) electrons. The Morgan fingerprint density at radius 2 is 1.77 bits per heavy atom. The van der Waals surface area contributed by atoms with Gasteiger partial charge in [0.15, 0.2) is 5.78 Å². The molecule has 30 heavy (non-hydrogen) atoms. The highest BCUT2D eigenvalue weighted by Crippen LogP contribution is 2.28. The predicted octanol–water partition coefficient (Wildman–Crippen LogP) is 5.30. The Morgan fingerprint density at radius 1 is 1.03 bits per heavy atom. The quantitative estimate of drug-likeness (QED) is 0.282. The summed E-state index contributed by atoms with van der Waals surface area (Å²) in [5.74, 6) is -0.540. The fourth-order valence-corrected chi connectivity index (χ4v) is 5.99. The van der Waals surface area contributed by atoms with E-state index < -0.39 is 21.4 Å². The molecule has 6 nitrogen and oxygen atoms in total. The molecule has 4 aromatic rings. The Labute approximate surface area is 188 Å². The first-order valence-corrected chi connectivity index (χ1v) is 11.9. The van der Waals surface area contributed by atoms with Crippen LogP contribution in [0.2, 0.25) is 5.02 Å². The number of thiophene rings is 1. The molecule has 0 saturated carbocycles. The summed E-state index contributed by atoms with van der Waals surface area (Å²) in [5.41, 5.74) is -0.0748. The number of nitrogens with one attached hydrogen (secondary N) is 1. The Bertz CT molecular complexity index is 1440. The summed E-state index contributed by atoms with van der Waals surface area (Å²) in [6.07, 6.45) is 0. The SMILES string of the molecule is O=C(c1ccc(NS(=O)(=O)c2ccc(Br)s2)cc1)c1cc2cc(Cl)ccc2oc1=O. The second-order valence-corrected chi connectivity index (χ2v) is 11.0. The number of benzene rings is 2. The third-order valence-electron chi connectivity index (χ3n) is 4.15. The zero-order valence-electron chi connectivity index (χ0n) is 14.9. The van der Waals surface area contributed by atoms with E-state index in [0.717, 1.165) is 11.3 Å². The van der Waals surface area contributed by atoms with Crippen molar-refractivity contribution in [2.45, 2.75) is 4.21 Å². The number of sulfonamides is 1. The van der Waals surface area contributed by atoms with Crippen molar-refractivity contribution >= 4 is 71.3 Å². The van der Waals surface area contributed by atoms with Gasteiger partial charge in [-0.3, -0.25) is 9.52 Å². The Morgan fingerprint density at radius 3 is 2.43 bits per heavy atom. The molecular formula is C20H11BrClNO5S2. The van der Waals surface area contributed by atoms with Crippen LogP contribution in [0.25, 0.3) is 11.0 Å². The number of hydrogen-bond acceptors (Lipinski definition) is 6. The van der Waals surface area contributed by atoms with Gasteiger partial charge in [-0.15, -0.1) is 11.3 Å². The molecule has 152 valence electrons. The molecular weight excluding hydrogens is 514 g/mol. The van der Waals surface area contributed by atoms with Crippen LogP contribution in [0.1, 0.15) is 15.9 Å². The average molecular weight is 525 g/mol. The molecule has 2 aromatic carbocycles. The van der Waals surface area contributed by atoms with Crippen molar-refractivity contribution in [1.29, 1.82) is 0 Å². The Kier molecular flexibility index (Phi) is 5.54. The number of carbonyl (C=O) groups is 1. The van der Waals surface area contributed by atoms with Gasteiger partial charge in [-0.25, -0.2) is 13.2 Å². The van der Waals surface area contributed by atoms with Gasteiger partial charge in [0.2, 0.25) is 0 Å². The van der Waals surface area contributed by atoms with Crippen LogP contribution in [0, 0.1) is 0 Å². The van der Waals surface area contributed by atoms with Crippen LogP contribution in [0.5, 0.6) is 0 Å². The average Bonchev–Trinajstić information content (AvgIpc) is 3.15. The van der Waals surface area contributed by atoms with E-state index in [1.54, 1.807) is 24.3 Å². The summed E-state index contributed by atoms with van der Waals surface area (Å²) in [4.78, 5) is 25.0. The lowest BCUT2D eigenvalue weighted by atomic mass is 10.0. The van der Waals surface area contributed by atoms with Gasteiger partial charge >= 0.3 is 5.63 Å². The maximum absolute atomic E-state index is 12.8. The van der Waals surface area contributed by atoms with Crippen molar-refractivity contribution in [2.24, 2.45) is 0 Å². The number of anilines is 1. The number of halogens is 2. The van der Waals surface area contributed by atoms with Gasteiger partial charge in [0.1, 0.15) is 15.4 Å². The molecule has 4 rings (SSSR count). The van der Waals surface area contributed by atoms with Crippen LogP contribution in [-0.2, 0) is 10.0 Å². The second-order valence-electron chi connectivity index (χ2n) is 6.20. The van der Waals surface area contributed by atoms with Gasteiger partial charge in [-0.1, -0.05) is 11.6 Å². The summed E-state index contributed by atoms with van der Waals surface area (Å²) >= 11 is 10.3. The fraction of sp³-hybridized carbons (Fsp3) is 0. The van der Waals surface area contributed by atoms with Gasteiger partial charge in [0.05, 0.1) is 3.79 Å². The van der Waals surface area contributed by atoms with Crippen LogP contribution in [0.4, 0.5) is 5.69 Å². The van der Waals surface area contributed by atoms with E-state index in [1.165, 1.54) is 36.4 Å². The topological polar surface area (TPSA) is 93.4 Å². The number of ketones is 1. The van der Waals surface area contributed by atoms with Crippen LogP contribution >= 0.6 is 38.9 Å². The highest BCUT2D eigenvalue weighted by Gasteiger charge is 2.19. The third kappa shape index (κ3) is 4.20. The molecule has 0 spiro atoms. The minimum atomic E-state index is -3.74. The Hall–Kier alpha value is -2.46. The first-order valence-electron chi connectivity index (χ1n) is 8.39. The monoisotopic (exact) mass is 523 g/mol.